The third-order valence-corrected chi connectivity index (χ3v) is 3.56. The molecule has 1 heterocycles. The molecule has 0 spiro atoms. The van der Waals surface area contributed by atoms with Crippen LogP contribution in [0, 0.1) is 0 Å². The monoisotopic (exact) mass is 311 g/mol. The molecule has 1 aromatic carbocycles. The van der Waals surface area contributed by atoms with Crippen molar-refractivity contribution >= 4 is 34.8 Å². The number of hydrogen-bond donors (Lipinski definition) is 2. The van der Waals surface area contributed by atoms with Crippen molar-refractivity contribution in [3.8, 4) is 11.3 Å². The van der Waals surface area contributed by atoms with Gasteiger partial charge in [0, 0.05) is 10.9 Å². The zero-order chi connectivity index (χ0) is 13.8. The summed E-state index contributed by atoms with van der Waals surface area (Å²) >= 11 is 1.40. The van der Waals surface area contributed by atoms with Crippen LogP contribution in [0.4, 0.5) is 5.13 Å². The van der Waals surface area contributed by atoms with E-state index in [0.717, 1.165) is 17.7 Å². The molecule has 1 aromatic heterocycles. The fourth-order valence-electron chi connectivity index (χ4n) is 1.59. The number of aryl methyl sites for hydroxylation is 1. The SMILES string of the molecule is CCc1ccc(-c2csc(NC(=O)[C@H](C)N)n2)cc1.Cl. The van der Waals surface area contributed by atoms with E-state index in [0.29, 0.717) is 5.13 Å². The summed E-state index contributed by atoms with van der Waals surface area (Å²) in [5.74, 6) is -0.220. The molecular formula is C14H18ClN3OS. The zero-order valence-electron chi connectivity index (χ0n) is 11.4. The maximum atomic E-state index is 11.5. The van der Waals surface area contributed by atoms with E-state index in [4.69, 9.17) is 5.73 Å². The first kappa shape index (κ1) is 16.6. The Hall–Kier alpha value is -1.43. The van der Waals surface area contributed by atoms with Crippen LogP contribution in [0.15, 0.2) is 29.6 Å². The lowest BCUT2D eigenvalue weighted by molar-refractivity contribution is -0.117. The fourth-order valence-corrected chi connectivity index (χ4v) is 2.32. The summed E-state index contributed by atoms with van der Waals surface area (Å²) in [6.07, 6.45) is 1.02. The summed E-state index contributed by atoms with van der Waals surface area (Å²) in [5, 5.41) is 5.21. The smallest absolute Gasteiger partial charge is 0.242 e. The van der Waals surface area contributed by atoms with Gasteiger partial charge >= 0.3 is 0 Å². The Bertz CT molecular complexity index is 566. The first-order valence-electron chi connectivity index (χ1n) is 6.21. The number of aromatic nitrogens is 1. The molecule has 3 N–H and O–H groups in total. The number of rotatable bonds is 4. The molecule has 0 unspecified atom stereocenters. The van der Waals surface area contributed by atoms with Gasteiger partial charge < -0.3 is 11.1 Å². The Labute approximate surface area is 128 Å². The second-order valence-corrected chi connectivity index (χ2v) is 5.22. The van der Waals surface area contributed by atoms with Crippen molar-refractivity contribution < 1.29 is 4.79 Å². The van der Waals surface area contributed by atoms with E-state index < -0.39 is 6.04 Å². The maximum absolute atomic E-state index is 11.5. The Balaban J connectivity index is 0.00000200. The normalized spacial score (nSPS) is 11.6. The number of halogens is 1. The van der Waals surface area contributed by atoms with E-state index >= 15 is 0 Å². The largest absolute Gasteiger partial charge is 0.320 e. The van der Waals surface area contributed by atoms with Crippen LogP contribution in [-0.4, -0.2) is 16.9 Å². The molecule has 0 aliphatic carbocycles. The van der Waals surface area contributed by atoms with Crippen LogP contribution in [-0.2, 0) is 11.2 Å². The number of carbonyl (C=O) groups excluding carboxylic acids is 1. The minimum absolute atomic E-state index is 0. The Kier molecular flexibility index (Phi) is 6.13. The highest BCUT2D eigenvalue weighted by Crippen LogP contribution is 2.25. The number of benzene rings is 1. The highest BCUT2D eigenvalue weighted by atomic mass is 35.5. The van der Waals surface area contributed by atoms with E-state index in [9.17, 15) is 4.79 Å². The van der Waals surface area contributed by atoms with Crippen molar-refractivity contribution in [2.45, 2.75) is 26.3 Å². The average molecular weight is 312 g/mol. The Morgan fingerprint density at radius 3 is 2.60 bits per heavy atom. The molecule has 2 aromatic rings. The molecule has 0 aliphatic rings. The van der Waals surface area contributed by atoms with Gasteiger partial charge in [0.15, 0.2) is 5.13 Å². The molecule has 0 fully saturated rings. The molecule has 0 aliphatic heterocycles. The van der Waals surface area contributed by atoms with Crippen LogP contribution in [0.5, 0.6) is 0 Å². The second-order valence-electron chi connectivity index (χ2n) is 4.37. The van der Waals surface area contributed by atoms with Crippen molar-refractivity contribution in [2.75, 3.05) is 5.32 Å². The summed E-state index contributed by atoms with van der Waals surface area (Å²) in [7, 11) is 0. The van der Waals surface area contributed by atoms with Crippen LogP contribution in [0.3, 0.4) is 0 Å². The summed E-state index contributed by atoms with van der Waals surface area (Å²) in [6.45, 7) is 3.77. The molecule has 108 valence electrons. The quantitative estimate of drug-likeness (QED) is 0.911. The lowest BCUT2D eigenvalue weighted by atomic mass is 10.1. The topological polar surface area (TPSA) is 68.0 Å². The number of amides is 1. The van der Waals surface area contributed by atoms with Crippen molar-refractivity contribution in [1.29, 1.82) is 0 Å². The number of thiazole rings is 1. The van der Waals surface area contributed by atoms with Crippen LogP contribution in [0.2, 0.25) is 0 Å². The number of nitrogens with zero attached hydrogens (tertiary/aromatic N) is 1. The third-order valence-electron chi connectivity index (χ3n) is 2.81. The van der Waals surface area contributed by atoms with E-state index in [2.05, 4.69) is 29.4 Å². The molecule has 0 saturated carbocycles. The summed E-state index contributed by atoms with van der Waals surface area (Å²) < 4.78 is 0. The summed E-state index contributed by atoms with van der Waals surface area (Å²) in [5.41, 5.74) is 8.71. The van der Waals surface area contributed by atoms with Crippen molar-refractivity contribution in [3.05, 3.63) is 35.2 Å². The van der Waals surface area contributed by atoms with Gasteiger partial charge in [0.25, 0.3) is 0 Å². The van der Waals surface area contributed by atoms with Crippen molar-refractivity contribution in [3.63, 3.8) is 0 Å². The average Bonchev–Trinajstić information content (AvgIpc) is 2.87. The minimum atomic E-state index is -0.531. The predicted octanol–water partition coefficient (Wildman–Crippen LogP) is 3.08. The highest BCUT2D eigenvalue weighted by Gasteiger charge is 2.10. The highest BCUT2D eigenvalue weighted by molar-refractivity contribution is 7.14. The van der Waals surface area contributed by atoms with Gasteiger partial charge in [-0.25, -0.2) is 4.98 Å². The van der Waals surface area contributed by atoms with E-state index in [1.165, 1.54) is 16.9 Å². The fraction of sp³-hybridized carbons (Fsp3) is 0.286. The first-order chi connectivity index (χ1) is 9.10. The van der Waals surface area contributed by atoms with Crippen LogP contribution >= 0.6 is 23.7 Å². The van der Waals surface area contributed by atoms with Crippen molar-refractivity contribution in [1.82, 2.24) is 4.98 Å². The van der Waals surface area contributed by atoms with Crippen molar-refractivity contribution in [2.24, 2.45) is 5.73 Å². The van der Waals surface area contributed by atoms with Gasteiger partial charge in [-0.15, -0.1) is 23.7 Å². The van der Waals surface area contributed by atoms with Crippen LogP contribution in [0.25, 0.3) is 11.3 Å². The summed E-state index contributed by atoms with van der Waals surface area (Å²) in [6, 6.07) is 7.75. The zero-order valence-corrected chi connectivity index (χ0v) is 13.1. The van der Waals surface area contributed by atoms with Gasteiger partial charge in [0.2, 0.25) is 5.91 Å². The van der Waals surface area contributed by atoms with Crippen LogP contribution in [0.1, 0.15) is 19.4 Å². The third kappa shape index (κ3) is 4.03. The number of hydrogen-bond acceptors (Lipinski definition) is 4. The number of nitrogens with one attached hydrogen (secondary N) is 1. The number of nitrogens with two attached hydrogens (primary N) is 1. The molecule has 4 nitrogen and oxygen atoms in total. The molecule has 6 heteroatoms. The molecule has 1 atom stereocenters. The molecule has 20 heavy (non-hydrogen) atoms. The minimum Gasteiger partial charge on any atom is -0.320 e. The Morgan fingerprint density at radius 1 is 1.40 bits per heavy atom. The number of anilines is 1. The molecule has 2 rings (SSSR count). The van der Waals surface area contributed by atoms with Gasteiger partial charge in [-0.3, -0.25) is 4.79 Å². The maximum Gasteiger partial charge on any atom is 0.242 e. The second kappa shape index (κ2) is 7.38. The molecule has 0 saturated heterocycles. The first-order valence-corrected chi connectivity index (χ1v) is 7.09. The molecule has 0 bridgehead atoms. The van der Waals surface area contributed by atoms with Gasteiger partial charge in [0.1, 0.15) is 0 Å². The Morgan fingerprint density at radius 2 is 2.05 bits per heavy atom. The van der Waals surface area contributed by atoms with Crippen LogP contribution < -0.4 is 11.1 Å². The van der Waals surface area contributed by atoms with E-state index in [1.807, 2.05) is 17.5 Å². The van der Waals surface area contributed by atoms with E-state index in [1.54, 1.807) is 6.92 Å². The lowest BCUT2D eigenvalue weighted by Gasteiger charge is -2.03. The van der Waals surface area contributed by atoms with Gasteiger partial charge in [0.05, 0.1) is 11.7 Å². The van der Waals surface area contributed by atoms with Gasteiger partial charge in [-0.05, 0) is 18.9 Å². The summed E-state index contributed by atoms with van der Waals surface area (Å²) in [4.78, 5) is 15.9. The van der Waals surface area contributed by atoms with Gasteiger partial charge in [-0.2, -0.15) is 0 Å². The molecular weight excluding hydrogens is 294 g/mol. The lowest BCUT2D eigenvalue weighted by Crippen LogP contribution is -2.32. The number of carbonyl (C=O) groups is 1. The van der Waals surface area contributed by atoms with E-state index in [-0.39, 0.29) is 18.3 Å². The van der Waals surface area contributed by atoms with Gasteiger partial charge in [-0.1, -0.05) is 31.2 Å². The molecule has 1 amide bonds. The predicted molar refractivity (Wildman–Crippen MR) is 86.5 cm³/mol. The standard InChI is InChI=1S/C14H17N3OS.ClH/c1-3-10-4-6-11(7-5-10)12-8-19-14(16-12)17-13(18)9(2)15;/h4-9H,3,15H2,1-2H3,(H,16,17,18);1H/t9-;/m0./s1. The molecule has 0 radical (unpaired) electrons.